The van der Waals surface area contributed by atoms with E-state index >= 15 is 0 Å². The summed E-state index contributed by atoms with van der Waals surface area (Å²) in [7, 11) is -1.24. The zero-order valence-corrected chi connectivity index (χ0v) is 18.0. The normalized spacial score (nSPS) is 12.1. The van der Waals surface area contributed by atoms with Crippen molar-refractivity contribution in [3.05, 3.63) is 18.0 Å². The second-order valence-corrected chi connectivity index (χ2v) is 7.16. The van der Waals surface area contributed by atoms with Crippen LogP contribution in [0.5, 0.6) is 0 Å². The summed E-state index contributed by atoms with van der Waals surface area (Å²) < 4.78 is 26.3. The minimum Gasteiger partial charge on any atom is -0.357 e. The van der Waals surface area contributed by atoms with Crippen molar-refractivity contribution < 1.29 is 8.42 Å². The van der Waals surface area contributed by atoms with E-state index in [1.54, 1.807) is 10.9 Å². The Morgan fingerprint density at radius 2 is 2.08 bits per heavy atom. The SMILES string of the molecule is CCNC(=NCc1ccnn1C)NCCCN(CC)S(C)(=O)=O.I. The van der Waals surface area contributed by atoms with E-state index in [9.17, 15) is 8.42 Å². The van der Waals surface area contributed by atoms with E-state index in [-0.39, 0.29) is 24.0 Å². The number of hydrogen-bond donors (Lipinski definition) is 2. The smallest absolute Gasteiger partial charge is 0.211 e. The van der Waals surface area contributed by atoms with E-state index in [1.165, 1.54) is 10.6 Å². The number of rotatable bonds is 9. The molecule has 0 unspecified atom stereocenters. The largest absolute Gasteiger partial charge is 0.357 e. The fourth-order valence-electron chi connectivity index (χ4n) is 2.08. The van der Waals surface area contributed by atoms with Crippen LogP contribution in [0, 0.1) is 0 Å². The summed E-state index contributed by atoms with van der Waals surface area (Å²) in [5.74, 6) is 0.719. The average molecular weight is 472 g/mol. The van der Waals surface area contributed by atoms with Gasteiger partial charge in [0.15, 0.2) is 5.96 Å². The Morgan fingerprint density at radius 1 is 1.38 bits per heavy atom. The number of aromatic nitrogens is 2. The minimum absolute atomic E-state index is 0. The second-order valence-electron chi connectivity index (χ2n) is 5.18. The van der Waals surface area contributed by atoms with Gasteiger partial charge >= 0.3 is 0 Å². The molecule has 1 aromatic heterocycles. The van der Waals surface area contributed by atoms with Gasteiger partial charge in [-0.05, 0) is 19.4 Å². The molecule has 8 nitrogen and oxygen atoms in total. The van der Waals surface area contributed by atoms with Crippen LogP contribution >= 0.6 is 24.0 Å². The van der Waals surface area contributed by atoms with Crippen LogP contribution in [0.25, 0.3) is 0 Å². The predicted octanol–water partition coefficient (Wildman–Crippen LogP) is 0.765. The molecule has 140 valence electrons. The van der Waals surface area contributed by atoms with Crippen LogP contribution in [-0.4, -0.2) is 60.9 Å². The third-order valence-electron chi connectivity index (χ3n) is 3.36. The maximum atomic E-state index is 11.5. The Bertz CT molecular complexity index is 602. The molecule has 0 spiro atoms. The monoisotopic (exact) mass is 472 g/mol. The molecule has 0 atom stereocenters. The molecule has 0 aliphatic carbocycles. The molecule has 2 N–H and O–H groups in total. The Hall–Kier alpha value is -0.880. The quantitative estimate of drug-likeness (QED) is 0.240. The van der Waals surface area contributed by atoms with Crippen LogP contribution in [-0.2, 0) is 23.6 Å². The molecule has 0 amide bonds. The maximum absolute atomic E-state index is 11.5. The van der Waals surface area contributed by atoms with Gasteiger partial charge in [-0.2, -0.15) is 5.10 Å². The topological polar surface area (TPSA) is 91.6 Å². The highest BCUT2D eigenvalue weighted by molar-refractivity contribution is 14.0. The van der Waals surface area contributed by atoms with Crippen LogP contribution in [0.4, 0.5) is 0 Å². The third-order valence-corrected chi connectivity index (χ3v) is 4.74. The van der Waals surface area contributed by atoms with E-state index in [2.05, 4.69) is 20.7 Å². The van der Waals surface area contributed by atoms with Crippen molar-refractivity contribution in [3.63, 3.8) is 0 Å². The first-order valence-electron chi connectivity index (χ1n) is 7.82. The molecule has 0 bridgehead atoms. The van der Waals surface area contributed by atoms with Gasteiger partial charge in [-0.15, -0.1) is 24.0 Å². The van der Waals surface area contributed by atoms with Gasteiger partial charge in [0, 0.05) is 39.4 Å². The first kappa shape index (κ1) is 23.1. The number of aliphatic imine (C=N–C) groups is 1. The molecule has 1 heterocycles. The van der Waals surface area contributed by atoms with Crippen molar-refractivity contribution >= 4 is 40.0 Å². The zero-order chi connectivity index (χ0) is 17.3. The number of guanidine groups is 1. The lowest BCUT2D eigenvalue weighted by Gasteiger charge is -2.18. The van der Waals surface area contributed by atoms with Gasteiger partial charge < -0.3 is 10.6 Å². The molecular weight excluding hydrogens is 443 g/mol. The molecule has 0 saturated carbocycles. The second kappa shape index (κ2) is 11.6. The molecule has 1 rings (SSSR count). The van der Waals surface area contributed by atoms with Gasteiger partial charge in [0.2, 0.25) is 10.0 Å². The lowest BCUT2D eigenvalue weighted by atomic mass is 10.4. The Balaban J connectivity index is 0.00000529. The fraction of sp³-hybridized carbons (Fsp3) is 0.714. The molecule has 0 saturated heterocycles. The standard InChI is InChI=1S/C14H28N6O2S.HI/c1-5-15-14(17-12-13-8-10-18-19(13)3)16-9-7-11-20(6-2)23(4,21)22;/h8,10H,5-7,9,11-12H2,1-4H3,(H2,15,16,17);1H. The number of nitrogens with zero attached hydrogens (tertiary/aromatic N) is 4. The van der Waals surface area contributed by atoms with Crippen molar-refractivity contribution in [3.8, 4) is 0 Å². The first-order valence-corrected chi connectivity index (χ1v) is 9.67. The van der Waals surface area contributed by atoms with E-state index in [4.69, 9.17) is 0 Å². The number of hydrogen-bond acceptors (Lipinski definition) is 4. The molecule has 0 aromatic carbocycles. The Kier molecular flexibility index (Phi) is 11.2. The minimum atomic E-state index is -3.12. The molecule has 0 aliphatic rings. The van der Waals surface area contributed by atoms with Gasteiger partial charge in [-0.25, -0.2) is 17.7 Å². The fourth-order valence-corrected chi connectivity index (χ4v) is 3.01. The average Bonchev–Trinajstić information content (AvgIpc) is 2.88. The predicted molar refractivity (Wildman–Crippen MR) is 108 cm³/mol. The highest BCUT2D eigenvalue weighted by atomic mass is 127. The summed E-state index contributed by atoms with van der Waals surface area (Å²) in [4.78, 5) is 4.50. The summed E-state index contributed by atoms with van der Waals surface area (Å²) in [6.07, 6.45) is 3.70. The van der Waals surface area contributed by atoms with Gasteiger partial charge in [-0.3, -0.25) is 4.68 Å². The van der Waals surface area contributed by atoms with Crippen LogP contribution in [0.1, 0.15) is 26.0 Å². The molecule has 0 radical (unpaired) electrons. The Morgan fingerprint density at radius 3 is 2.58 bits per heavy atom. The summed E-state index contributed by atoms with van der Waals surface area (Å²) >= 11 is 0. The lowest BCUT2D eigenvalue weighted by Crippen LogP contribution is -2.39. The van der Waals surface area contributed by atoms with E-state index in [1.807, 2.05) is 27.0 Å². The van der Waals surface area contributed by atoms with Gasteiger partial charge in [0.05, 0.1) is 18.5 Å². The molecule has 24 heavy (non-hydrogen) atoms. The third kappa shape index (κ3) is 8.29. The van der Waals surface area contributed by atoms with Crippen molar-refractivity contribution in [2.24, 2.45) is 12.0 Å². The van der Waals surface area contributed by atoms with Crippen LogP contribution < -0.4 is 10.6 Å². The number of aryl methyl sites for hydroxylation is 1. The molecule has 0 fully saturated rings. The number of halogens is 1. The summed E-state index contributed by atoms with van der Waals surface area (Å²) in [5, 5.41) is 10.5. The molecular formula is C14H29IN6O2S. The van der Waals surface area contributed by atoms with Crippen LogP contribution in [0.3, 0.4) is 0 Å². The molecule has 1 aromatic rings. The highest BCUT2D eigenvalue weighted by Gasteiger charge is 2.13. The molecule has 10 heteroatoms. The summed E-state index contributed by atoms with van der Waals surface area (Å²) in [6, 6.07) is 1.93. The van der Waals surface area contributed by atoms with Gasteiger partial charge in [0.25, 0.3) is 0 Å². The van der Waals surface area contributed by atoms with Gasteiger partial charge in [-0.1, -0.05) is 6.92 Å². The van der Waals surface area contributed by atoms with Gasteiger partial charge in [0.1, 0.15) is 0 Å². The van der Waals surface area contributed by atoms with Crippen LogP contribution in [0.15, 0.2) is 17.3 Å². The lowest BCUT2D eigenvalue weighted by molar-refractivity contribution is 0.424. The van der Waals surface area contributed by atoms with Crippen molar-refractivity contribution in [1.29, 1.82) is 0 Å². The van der Waals surface area contributed by atoms with Crippen molar-refractivity contribution in [2.75, 3.05) is 32.4 Å². The first-order chi connectivity index (χ1) is 10.9. The summed E-state index contributed by atoms with van der Waals surface area (Å²) in [6.45, 7) is 6.80. The van der Waals surface area contributed by atoms with Crippen LogP contribution in [0.2, 0.25) is 0 Å². The zero-order valence-electron chi connectivity index (χ0n) is 14.8. The number of nitrogens with one attached hydrogen (secondary N) is 2. The molecule has 0 aliphatic heterocycles. The van der Waals surface area contributed by atoms with Crippen molar-refractivity contribution in [2.45, 2.75) is 26.8 Å². The van der Waals surface area contributed by atoms with E-state index in [0.717, 1.165) is 24.6 Å². The van der Waals surface area contributed by atoms with Crippen molar-refractivity contribution in [1.82, 2.24) is 24.7 Å². The highest BCUT2D eigenvalue weighted by Crippen LogP contribution is 1.99. The maximum Gasteiger partial charge on any atom is 0.211 e. The summed E-state index contributed by atoms with van der Waals surface area (Å²) in [5.41, 5.74) is 1.02. The van der Waals surface area contributed by atoms with E-state index < -0.39 is 10.0 Å². The van der Waals surface area contributed by atoms with E-state index in [0.29, 0.717) is 26.2 Å². The number of sulfonamides is 1. The Labute approximate surface area is 162 Å².